The van der Waals surface area contributed by atoms with Crippen molar-refractivity contribution in [2.75, 3.05) is 7.05 Å². The molecule has 0 atom stereocenters. The quantitative estimate of drug-likeness (QED) is 0.898. The molecule has 0 fully saturated rings. The van der Waals surface area contributed by atoms with E-state index >= 15 is 0 Å². The van der Waals surface area contributed by atoms with E-state index in [-0.39, 0.29) is 11.6 Å². The normalized spacial score (nSPS) is 10.7. The van der Waals surface area contributed by atoms with E-state index in [0.29, 0.717) is 17.7 Å². The molecule has 0 aliphatic rings. The number of ether oxygens (including phenoxy) is 1. The van der Waals surface area contributed by atoms with Gasteiger partial charge in [-0.1, -0.05) is 11.6 Å². The number of benzene rings is 2. The Kier molecular flexibility index (Phi) is 5.09. The van der Waals surface area contributed by atoms with Crippen LogP contribution in [0, 0.1) is 17.5 Å². The molecule has 2 aromatic rings. The van der Waals surface area contributed by atoms with Crippen LogP contribution in [-0.2, 0) is 13.2 Å². The monoisotopic (exact) mass is 315 g/mol. The number of hydrogen-bond acceptors (Lipinski definition) is 2. The fourth-order valence-electron chi connectivity index (χ4n) is 1.86. The van der Waals surface area contributed by atoms with E-state index < -0.39 is 23.2 Å². The van der Waals surface area contributed by atoms with Crippen LogP contribution >= 0.6 is 11.6 Å². The summed E-state index contributed by atoms with van der Waals surface area (Å²) in [6.45, 7) is 0.111. The SMILES string of the molecule is CNCc1cc(F)c(OCc2cc(F)ccc2Cl)c(F)c1. The minimum Gasteiger partial charge on any atom is -0.483 e. The average molecular weight is 316 g/mol. The number of hydrogen-bond donors (Lipinski definition) is 1. The van der Waals surface area contributed by atoms with Crippen molar-refractivity contribution >= 4 is 11.6 Å². The minimum absolute atomic E-state index is 0.226. The van der Waals surface area contributed by atoms with Gasteiger partial charge in [0.2, 0.25) is 0 Å². The zero-order valence-electron chi connectivity index (χ0n) is 11.2. The fourth-order valence-corrected chi connectivity index (χ4v) is 2.03. The van der Waals surface area contributed by atoms with Crippen LogP contribution in [0.3, 0.4) is 0 Å². The van der Waals surface area contributed by atoms with E-state index in [1.54, 1.807) is 7.05 Å². The average Bonchev–Trinajstić information content (AvgIpc) is 2.42. The molecule has 1 N–H and O–H groups in total. The van der Waals surface area contributed by atoms with Crippen LogP contribution in [0.4, 0.5) is 13.2 Å². The largest absolute Gasteiger partial charge is 0.483 e. The van der Waals surface area contributed by atoms with Gasteiger partial charge in [0, 0.05) is 17.1 Å². The van der Waals surface area contributed by atoms with Crippen molar-refractivity contribution in [1.29, 1.82) is 0 Å². The summed E-state index contributed by atoms with van der Waals surface area (Å²) in [4.78, 5) is 0. The van der Waals surface area contributed by atoms with Crippen molar-refractivity contribution in [3.05, 3.63) is 63.9 Å². The topological polar surface area (TPSA) is 21.3 Å². The minimum atomic E-state index is -0.812. The van der Waals surface area contributed by atoms with E-state index in [2.05, 4.69) is 5.32 Å². The van der Waals surface area contributed by atoms with Gasteiger partial charge in [-0.2, -0.15) is 0 Å². The van der Waals surface area contributed by atoms with Gasteiger partial charge < -0.3 is 10.1 Å². The first kappa shape index (κ1) is 15.7. The molecule has 6 heteroatoms. The third kappa shape index (κ3) is 3.89. The van der Waals surface area contributed by atoms with Crippen molar-refractivity contribution in [3.63, 3.8) is 0 Å². The molecular weight excluding hydrogens is 303 g/mol. The first-order chi connectivity index (χ1) is 10.0. The zero-order valence-corrected chi connectivity index (χ0v) is 12.0. The van der Waals surface area contributed by atoms with Crippen LogP contribution in [0.2, 0.25) is 5.02 Å². The molecule has 0 aliphatic carbocycles. The highest BCUT2D eigenvalue weighted by atomic mass is 35.5. The highest BCUT2D eigenvalue weighted by Crippen LogP contribution is 2.26. The van der Waals surface area contributed by atoms with E-state index in [9.17, 15) is 13.2 Å². The molecule has 0 amide bonds. The molecule has 2 nitrogen and oxygen atoms in total. The maximum Gasteiger partial charge on any atom is 0.191 e. The standard InChI is InChI=1S/C15H13ClF3NO/c1-20-7-9-4-13(18)15(14(19)5-9)21-8-10-6-11(17)2-3-12(10)16/h2-6,20H,7-8H2,1H3. The van der Waals surface area contributed by atoms with Crippen molar-refractivity contribution in [3.8, 4) is 5.75 Å². The summed E-state index contributed by atoms with van der Waals surface area (Å²) in [5.74, 6) is -2.63. The Bertz CT molecular complexity index is 626. The molecular formula is C15H13ClF3NO. The van der Waals surface area contributed by atoms with Gasteiger partial charge >= 0.3 is 0 Å². The molecule has 2 rings (SSSR count). The van der Waals surface area contributed by atoms with Gasteiger partial charge in [-0.3, -0.25) is 0 Å². The Balaban J connectivity index is 2.18. The second-order valence-electron chi connectivity index (χ2n) is 4.44. The first-order valence-electron chi connectivity index (χ1n) is 6.20. The van der Waals surface area contributed by atoms with Crippen LogP contribution in [-0.4, -0.2) is 7.05 Å². The molecule has 0 saturated carbocycles. The van der Waals surface area contributed by atoms with Crippen molar-refractivity contribution in [2.24, 2.45) is 0 Å². The van der Waals surface area contributed by atoms with E-state index in [1.807, 2.05) is 0 Å². The molecule has 0 spiro atoms. The second kappa shape index (κ2) is 6.83. The molecule has 0 bridgehead atoms. The van der Waals surface area contributed by atoms with Crippen LogP contribution in [0.5, 0.6) is 5.75 Å². The fraction of sp³-hybridized carbons (Fsp3) is 0.200. The van der Waals surface area contributed by atoms with Gasteiger partial charge in [-0.15, -0.1) is 0 Å². The van der Waals surface area contributed by atoms with Crippen molar-refractivity contribution < 1.29 is 17.9 Å². The van der Waals surface area contributed by atoms with Crippen molar-refractivity contribution in [1.82, 2.24) is 5.32 Å². The lowest BCUT2D eigenvalue weighted by molar-refractivity contribution is 0.273. The highest BCUT2D eigenvalue weighted by Gasteiger charge is 2.13. The van der Waals surface area contributed by atoms with E-state index in [1.165, 1.54) is 24.3 Å². The Labute approximate surface area is 125 Å². The van der Waals surface area contributed by atoms with E-state index in [4.69, 9.17) is 16.3 Å². The molecule has 21 heavy (non-hydrogen) atoms. The summed E-state index contributed by atoms with van der Waals surface area (Å²) in [5.41, 5.74) is 0.776. The lowest BCUT2D eigenvalue weighted by Crippen LogP contribution is -2.07. The molecule has 2 aromatic carbocycles. The lowest BCUT2D eigenvalue weighted by atomic mass is 10.2. The summed E-state index contributed by atoms with van der Waals surface area (Å²) < 4.78 is 45.8. The predicted molar refractivity (Wildman–Crippen MR) is 74.9 cm³/mol. The second-order valence-corrected chi connectivity index (χ2v) is 4.85. The Hall–Kier alpha value is -1.72. The molecule has 0 unspecified atom stereocenters. The maximum atomic E-state index is 13.8. The molecule has 0 heterocycles. The van der Waals surface area contributed by atoms with Crippen LogP contribution in [0.15, 0.2) is 30.3 Å². The molecule has 0 saturated heterocycles. The predicted octanol–water partition coefficient (Wildman–Crippen LogP) is 4.06. The lowest BCUT2D eigenvalue weighted by Gasteiger charge is -2.11. The maximum absolute atomic E-state index is 13.8. The summed E-state index contributed by atoms with van der Waals surface area (Å²) >= 11 is 5.87. The Morgan fingerprint density at radius 3 is 2.38 bits per heavy atom. The zero-order chi connectivity index (χ0) is 15.4. The molecule has 0 radical (unpaired) electrons. The van der Waals surface area contributed by atoms with Gasteiger partial charge in [0.25, 0.3) is 0 Å². The molecule has 0 aliphatic heterocycles. The number of rotatable bonds is 5. The summed E-state index contributed by atoms with van der Waals surface area (Å²) in [7, 11) is 1.67. The first-order valence-corrected chi connectivity index (χ1v) is 6.58. The molecule has 0 aromatic heterocycles. The van der Waals surface area contributed by atoms with Gasteiger partial charge in [0.05, 0.1) is 0 Å². The summed E-state index contributed by atoms with van der Waals surface area (Å²) in [6.07, 6.45) is 0. The van der Waals surface area contributed by atoms with Crippen LogP contribution in [0.25, 0.3) is 0 Å². The van der Waals surface area contributed by atoms with Gasteiger partial charge in [-0.25, -0.2) is 13.2 Å². The smallest absolute Gasteiger partial charge is 0.191 e. The highest BCUT2D eigenvalue weighted by molar-refractivity contribution is 6.31. The van der Waals surface area contributed by atoms with Gasteiger partial charge in [0.1, 0.15) is 12.4 Å². The van der Waals surface area contributed by atoms with E-state index in [0.717, 1.165) is 6.07 Å². The van der Waals surface area contributed by atoms with Crippen LogP contribution in [0.1, 0.15) is 11.1 Å². The van der Waals surface area contributed by atoms with Gasteiger partial charge in [-0.05, 0) is 42.9 Å². The Morgan fingerprint density at radius 2 is 1.76 bits per heavy atom. The van der Waals surface area contributed by atoms with Gasteiger partial charge in [0.15, 0.2) is 17.4 Å². The number of nitrogens with one attached hydrogen (secondary N) is 1. The third-order valence-corrected chi connectivity index (χ3v) is 3.19. The number of halogens is 4. The summed E-state index contributed by atoms with van der Waals surface area (Å²) in [5, 5.41) is 3.06. The Morgan fingerprint density at radius 1 is 1.10 bits per heavy atom. The molecule has 112 valence electrons. The summed E-state index contributed by atoms with van der Waals surface area (Å²) in [6, 6.07) is 6.08. The third-order valence-electron chi connectivity index (χ3n) is 2.82. The van der Waals surface area contributed by atoms with Crippen molar-refractivity contribution in [2.45, 2.75) is 13.2 Å². The van der Waals surface area contributed by atoms with Crippen LogP contribution < -0.4 is 10.1 Å².